The standard InChI is InChI=1S/5C2H4O2.Au.Mg/c5*1-2(3)4;;/h5*1H3,(H,3,4);;/q;;;;;+3;+2/p-5. The minimum atomic E-state index is -1.08. The van der Waals surface area contributed by atoms with Crippen LogP contribution in [0.2, 0.25) is 0 Å². The Kier molecular flexibility index (Phi) is 71.6. The second-order valence-corrected chi connectivity index (χ2v) is 2.46. The predicted octanol–water partition coefficient (Wildman–Crippen LogP) is -6.60. The third-order valence-corrected chi connectivity index (χ3v) is 0. The third-order valence-electron chi connectivity index (χ3n) is 0. The van der Waals surface area contributed by atoms with Crippen molar-refractivity contribution in [1.29, 1.82) is 0 Å². The molecule has 12 heteroatoms. The Morgan fingerprint density at radius 1 is 0.455 bits per heavy atom. The molecule has 0 amide bonds. The van der Waals surface area contributed by atoms with Crippen molar-refractivity contribution in [2.45, 2.75) is 34.6 Å². The molecule has 0 aliphatic heterocycles. The summed E-state index contributed by atoms with van der Waals surface area (Å²) in [5.74, 6) is -5.42. The van der Waals surface area contributed by atoms with Crippen LogP contribution in [-0.4, -0.2) is 52.9 Å². The van der Waals surface area contributed by atoms with Crippen LogP contribution in [-0.2, 0) is 46.4 Å². The molecule has 0 aromatic carbocycles. The Bertz CT molecular complexity index is 216. The van der Waals surface area contributed by atoms with Crippen molar-refractivity contribution in [2.75, 3.05) is 0 Å². The van der Waals surface area contributed by atoms with Gasteiger partial charge in [0.05, 0.1) is 0 Å². The fourth-order valence-corrected chi connectivity index (χ4v) is 0. The summed E-state index contributed by atoms with van der Waals surface area (Å²) in [5.41, 5.74) is 0. The molecule has 128 valence electrons. The maximum Gasteiger partial charge on any atom is 3.00 e. The van der Waals surface area contributed by atoms with Gasteiger partial charge in [0.2, 0.25) is 0 Å². The Hall–Kier alpha value is -1.14. The fourth-order valence-electron chi connectivity index (χ4n) is 0. The first-order valence-electron chi connectivity index (χ1n) is 4.54. The molecule has 0 aromatic heterocycles. The van der Waals surface area contributed by atoms with Gasteiger partial charge in [0.15, 0.2) is 0 Å². The molecule has 22 heavy (non-hydrogen) atoms. The quantitative estimate of drug-likeness (QED) is 0.279. The summed E-state index contributed by atoms with van der Waals surface area (Å²) >= 11 is 0. The molecule has 0 fully saturated rings. The van der Waals surface area contributed by atoms with Crippen molar-refractivity contribution in [3.05, 3.63) is 0 Å². The Morgan fingerprint density at radius 3 is 0.455 bits per heavy atom. The van der Waals surface area contributed by atoms with E-state index in [0.29, 0.717) is 0 Å². The van der Waals surface area contributed by atoms with Crippen LogP contribution in [0.3, 0.4) is 0 Å². The normalized spacial score (nSPS) is 5.68. The number of carbonyl (C=O) groups is 5. The SMILES string of the molecule is CC(=O)[O-].CC(=O)[O-].CC(=O)[O-].CC(=O)[O-].CC(=O)[O-].[Au+3].[Mg+2]. The summed E-state index contributed by atoms with van der Waals surface area (Å²) in [6.45, 7) is 4.86. The summed E-state index contributed by atoms with van der Waals surface area (Å²) in [6.07, 6.45) is 0. The van der Waals surface area contributed by atoms with E-state index >= 15 is 0 Å². The molecule has 0 aliphatic rings. The maximum atomic E-state index is 8.89. The zero-order chi connectivity index (χ0) is 17.9. The van der Waals surface area contributed by atoms with Gasteiger partial charge in [-0.05, 0) is 34.6 Å². The van der Waals surface area contributed by atoms with Gasteiger partial charge in [0, 0.05) is 29.8 Å². The largest absolute Gasteiger partial charge is 3.00 e. The van der Waals surface area contributed by atoms with Crippen molar-refractivity contribution in [2.24, 2.45) is 0 Å². The number of aliphatic carboxylic acids is 5. The van der Waals surface area contributed by atoms with Gasteiger partial charge in [0.25, 0.3) is 0 Å². The van der Waals surface area contributed by atoms with Crippen LogP contribution in [0.4, 0.5) is 0 Å². The van der Waals surface area contributed by atoms with E-state index in [0.717, 1.165) is 34.6 Å². The summed E-state index contributed by atoms with van der Waals surface area (Å²) in [5, 5.41) is 44.4. The molecule has 0 rings (SSSR count). The molecule has 0 saturated carbocycles. The molecule has 0 spiro atoms. The minimum absolute atomic E-state index is 0. The molecule has 0 unspecified atom stereocenters. The van der Waals surface area contributed by atoms with Gasteiger partial charge < -0.3 is 49.5 Å². The van der Waals surface area contributed by atoms with Crippen LogP contribution >= 0.6 is 0 Å². The molecule has 0 aromatic rings. The number of hydrogen-bond acceptors (Lipinski definition) is 10. The average molecular weight is 516 g/mol. The molecule has 0 N–H and O–H groups in total. The zero-order valence-electron chi connectivity index (χ0n) is 12.6. The van der Waals surface area contributed by atoms with Crippen molar-refractivity contribution >= 4 is 52.9 Å². The summed E-state index contributed by atoms with van der Waals surface area (Å²) in [4.78, 5) is 44.4. The van der Waals surface area contributed by atoms with Gasteiger partial charge in [-0.2, -0.15) is 0 Å². The molecule has 10 nitrogen and oxygen atoms in total. The average Bonchev–Trinajstić information content (AvgIpc) is 1.94. The van der Waals surface area contributed by atoms with Crippen molar-refractivity contribution < 1.29 is 71.9 Å². The third kappa shape index (κ3) is 4600. The number of hydrogen-bond donors (Lipinski definition) is 0. The van der Waals surface area contributed by atoms with Crippen LogP contribution in [0.5, 0.6) is 0 Å². The number of rotatable bonds is 0. The summed E-state index contributed by atoms with van der Waals surface area (Å²) < 4.78 is 0. The molecular weight excluding hydrogens is 501 g/mol. The topological polar surface area (TPSA) is 201 Å². The van der Waals surface area contributed by atoms with Crippen LogP contribution in [0.25, 0.3) is 0 Å². The van der Waals surface area contributed by atoms with E-state index in [-0.39, 0.29) is 45.4 Å². The predicted molar refractivity (Wildman–Crippen MR) is 59.2 cm³/mol. The second kappa shape index (κ2) is 36.8. The van der Waals surface area contributed by atoms with Crippen LogP contribution < -0.4 is 25.5 Å². The first kappa shape index (κ1) is 42.8. The first-order valence-corrected chi connectivity index (χ1v) is 4.54. The van der Waals surface area contributed by atoms with Crippen LogP contribution in [0.15, 0.2) is 0 Å². The minimum Gasteiger partial charge on any atom is -0.550 e. The summed E-state index contributed by atoms with van der Waals surface area (Å²) in [7, 11) is 0. The van der Waals surface area contributed by atoms with E-state index < -0.39 is 29.8 Å². The van der Waals surface area contributed by atoms with Crippen molar-refractivity contribution in [3.8, 4) is 0 Å². The smallest absolute Gasteiger partial charge is 0.550 e. The molecule has 0 aliphatic carbocycles. The van der Waals surface area contributed by atoms with E-state index in [4.69, 9.17) is 49.5 Å². The van der Waals surface area contributed by atoms with Gasteiger partial charge in [0.1, 0.15) is 0 Å². The van der Waals surface area contributed by atoms with E-state index in [1.54, 1.807) is 0 Å². The maximum absolute atomic E-state index is 8.89. The van der Waals surface area contributed by atoms with Gasteiger partial charge >= 0.3 is 45.4 Å². The molecule has 0 saturated heterocycles. The van der Waals surface area contributed by atoms with Crippen molar-refractivity contribution in [3.63, 3.8) is 0 Å². The monoisotopic (exact) mass is 516 g/mol. The Morgan fingerprint density at radius 2 is 0.455 bits per heavy atom. The van der Waals surface area contributed by atoms with Gasteiger partial charge in [-0.25, -0.2) is 0 Å². The van der Waals surface area contributed by atoms with Gasteiger partial charge in [-0.1, -0.05) is 0 Å². The molecule has 0 heterocycles. The number of carboxylic acids is 5. The summed E-state index contributed by atoms with van der Waals surface area (Å²) in [6, 6.07) is 0. The Labute approximate surface area is 159 Å². The molecule has 0 atom stereocenters. The fraction of sp³-hybridized carbons (Fsp3) is 0.500. The van der Waals surface area contributed by atoms with E-state index in [2.05, 4.69) is 0 Å². The first-order chi connectivity index (χ1) is 8.66. The van der Waals surface area contributed by atoms with E-state index in [1.165, 1.54) is 0 Å². The second-order valence-electron chi connectivity index (χ2n) is 2.46. The number of carboxylic acid groups (broad SMARTS) is 5. The molecule has 0 radical (unpaired) electrons. The molecular formula is C10H15AuMgO10. The van der Waals surface area contributed by atoms with Gasteiger partial charge in [-0.15, -0.1) is 0 Å². The van der Waals surface area contributed by atoms with E-state index in [1.807, 2.05) is 0 Å². The molecule has 0 bridgehead atoms. The van der Waals surface area contributed by atoms with Crippen LogP contribution in [0.1, 0.15) is 34.6 Å². The van der Waals surface area contributed by atoms with Crippen molar-refractivity contribution in [1.82, 2.24) is 0 Å². The van der Waals surface area contributed by atoms with E-state index in [9.17, 15) is 0 Å². The number of carbonyl (C=O) groups excluding carboxylic acids is 5. The van der Waals surface area contributed by atoms with Crippen LogP contribution in [0, 0.1) is 0 Å². The zero-order valence-corrected chi connectivity index (χ0v) is 16.2. The Balaban J connectivity index is -0.0000000250. The van der Waals surface area contributed by atoms with Gasteiger partial charge in [-0.3, -0.25) is 0 Å².